The highest BCUT2D eigenvalue weighted by atomic mass is 32.2. The smallest absolute Gasteiger partial charge is 0.323 e. The van der Waals surface area contributed by atoms with Crippen LogP contribution in [0.5, 0.6) is 0 Å². The van der Waals surface area contributed by atoms with Gasteiger partial charge in [-0.25, -0.2) is 0 Å². The van der Waals surface area contributed by atoms with Crippen molar-refractivity contribution in [3.05, 3.63) is 54.9 Å². The quantitative estimate of drug-likeness (QED) is 0.190. The van der Waals surface area contributed by atoms with Crippen LogP contribution in [0.3, 0.4) is 0 Å². The second-order valence-corrected chi connectivity index (χ2v) is 13.7. The number of thioether (sulfide) groups is 2. The Morgan fingerprint density at radius 3 is 2.35 bits per heavy atom. The van der Waals surface area contributed by atoms with Gasteiger partial charge in [-0.05, 0) is 37.1 Å². The average Bonchev–Trinajstić information content (AvgIpc) is 3.47. The standard InChI is InChI=1S/C23H21N3O9S5/c27-17(28)11-25-20(31)15(38-22(25)19-21(32)26(12-18(29)30)23(36)39-19)7-8-16-24(9-3-4-10-40(33,34)35)13-5-1-2-6-14(13)37-16/h1-2,5-8H,3-4,9-12H2,(H,27,28)(H,29,30)(H,33,34,35). The third-order valence-corrected chi connectivity index (χ3v) is 10.2. The molecule has 0 spiro atoms. The van der Waals surface area contributed by atoms with Crippen molar-refractivity contribution in [1.82, 2.24) is 9.47 Å². The third kappa shape index (κ3) is 6.84. The van der Waals surface area contributed by atoms with Crippen LogP contribution >= 0.6 is 47.1 Å². The lowest BCUT2D eigenvalue weighted by atomic mass is 10.2. The average molecular weight is 644 g/mol. The zero-order valence-corrected chi connectivity index (χ0v) is 24.5. The molecule has 4 rings (SSSR count). The van der Waals surface area contributed by atoms with Crippen LogP contribution in [0.15, 0.2) is 45.1 Å². The van der Waals surface area contributed by atoms with Gasteiger partial charge in [-0.2, -0.15) is 8.42 Å². The topological polar surface area (TPSA) is 175 Å². The highest BCUT2D eigenvalue weighted by Gasteiger charge is 2.35. The SMILES string of the molecule is O=C(O)CN1C(=O)C(=c2sc(=CC=C3Sc4ccccc4N3CCCCS(=O)(=O)O)c(=O)n2CC(=O)O)SC1=S. The largest absolute Gasteiger partial charge is 0.480 e. The lowest BCUT2D eigenvalue weighted by Crippen LogP contribution is -2.36. The summed E-state index contributed by atoms with van der Waals surface area (Å²) in [5.74, 6) is -3.65. The van der Waals surface area contributed by atoms with Crippen molar-refractivity contribution in [1.29, 1.82) is 0 Å². The van der Waals surface area contributed by atoms with Crippen molar-refractivity contribution in [3.8, 4) is 0 Å². The van der Waals surface area contributed by atoms with Crippen LogP contribution in [0.2, 0.25) is 0 Å². The molecule has 0 unspecified atom stereocenters. The molecule has 1 aromatic carbocycles. The van der Waals surface area contributed by atoms with Crippen molar-refractivity contribution < 1.29 is 37.6 Å². The Morgan fingerprint density at radius 1 is 0.975 bits per heavy atom. The van der Waals surface area contributed by atoms with Crippen LogP contribution in [0, 0.1) is 0 Å². The van der Waals surface area contributed by atoms with E-state index in [9.17, 15) is 32.7 Å². The molecular weight excluding hydrogens is 623 g/mol. The molecule has 1 amide bonds. The van der Waals surface area contributed by atoms with E-state index in [1.807, 2.05) is 29.2 Å². The van der Waals surface area contributed by atoms with E-state index >= 15 is 0 Å². The van der Waals surface area contributed by atoms with Crippen molar-refractivity contribution in [2.24, 2.45) is 0 Å². The molecule has 1 saturated heterocycles. The fourth-order valence-corrected chi connectivity index (χ4v) is 8.00. The van der Waals surface area contributed by atoms with Gasteiger partial charge in [0.25, 0.3) is 21.6 Å². The van der Waals surface area contributed by atoms with E-state index in [0.717, 1.165) is 48.2 Å². The predicted octanol–water partition coefficient (Wildman–Crippen LogP) is 0.950. The number of amides is 1. The molecule has 212 valence electrons. The zero-order valence-electron chi connectivity index (χ0n) is 20.4. The number of unbranched alkanes of at least 4 members (excludes halogenated alkanes) is 1. The molecule has 2 aliphatic rings. The Morgan fingerprint density at radius 2 is 1.68 bits per heavy atom. The molecule has 0 radical (unpaired) electrons. The molecule has 3 N–H and O–H groups in total. The van der Waals surface area contributed by atoms with Gasteiger partial charge in [-0.3, -0.25) is 33.2 Å². The third-order valence-electron chi connectivity index (χ3n) is 5.59. The van der Waals surface area contributed by atoms with Gasteiger partial charge in [-0.15, -0.1) is 11.3 Å². The molecule has 40 heavy (non-hydrogen) atoms. The van der Waals surface area contributed by atoms with Crippen molar-refractivity contribution in [2.45, 2.75) is 24.3 Å². The Bertz CT molecular complexity index is 1730. The molecule has 0 saturated carbocycles. The Labute approximate surface area is 245 Å². The summed E-state index contributed by atoms with van der Waals surface area (Å²) in [6, 6.07) is 7.55. The number of aromatic nitrogens is 1. The fourth-order valence-electron chi connectivity index (χ4n) is 3.89. The Balaban J connectivity index is 1.74. The van der Waals surface area contributed by atoms with Crippen molar-refractivity contribution >= 4 is 96.0 Å². The molecule has 0 bridgehead atoms. The van der Waals surface area contributed by atoms with Crippen LogP contribution in [-0.2, 0) is 31.0 Å². The summed E-state index contributed by atoms with van der Waals surface area (Å²) in [6.07, 6.45) is 3.92. The summed E-state index contributed by atoms with van der Waals surface area (Å²) < 4.78 is 32.3. The van der Waals surface area contributed by atoms with E-state index in [-0.39, 0.29) is 30.6 Å². The second-order valence-electron chi connectivity index (χ2n) is 8.42. The minimum absolute atomic E-state index is 0.0115. The first kappa shape index (κ1) is 30.0. The number of benzene rings is 1. The van der Waals surface area contributed by atoms with Gasteiger partial charge in [-0.1, -0.05) is 47.9 Å². The van der Waals surface area contributed by atoms with E-state index in [0.29, 0.717) is 13.0 Å². The molecule has 12 nitrogen and oxygen atoms in total. The van der Waals surface area contributed by atoms with Gasteiger partial charge >= 0.3 is 11.9 Å². The normalized spacial score (nSPS) is 18.2. The summed E-state index contributed by atoms with van der Waals surface area (Å²) in [7, 11) is -4.07. The molecule has 2 aromatic rings. The maximum Gasteiger partial charge on any atom is 0.323 e. The first-order valence-corrected chi connectivity index (χ1v) is 15.9. The maximum absolute atomic E-state index is 13.2. The van der Waals surface area contributed by atoms with Gasteiger partial charge < -0.3 is 15.1 Å². The molecule has 0 atom stereocenters. The summed E-state index contributed by atoms with van der Waals surface area (Å²) in [5, 5.41) is 19.2. The number of thiazole rings is 1. The highest BCUT2D eigenvalue weighted by Crippen LogP contribution is 2.45. The monoisotopic (exact) mass is 643 g/mol. The number of rotatable bonds is 10. The van der Waals surface area contributed by atoms with Gasteiger partial charge in [0.05, 0.1) is 21.0 Å². The van der Waals surface area contributed by atoms with E-state index in [4.69, 9.17) is 21.9 Å². The number of thiocarbonyl (C=S) groups is 1. The molecule has 1 fully saturated rings. The number of hydrogen-bond donors (Lipinski definition) is 3. The lowest BCUT2D eigenvalue weighted by molar-refractivity contribution is -0.140. The molecule has 2 aliphatic heterocycles. The summed E-state index contributed by atoms with van der Waals surface area (Å²) >= 11 is 8.27. The Hall–Kier alpha value is -2.96. The molecular formula is C23H21N3O9S5. The first-order chi connectivity index (χ1) is 18.9. The van der Waals surface area contributed by atoms with E-state index in [1.54, 1.807) is 6.08 Å². The molecule has 17 heteroatoms. The van der Waals surface area contributed by atoms with Crippen LogP contribution in [0.25, 0.3) is 11.0 Å². The molecule has 1 aromatic heterocycles. The van der Waals surface area contributed by atoms with Crippen LogP contribution in [0.4, 0.5) is 5.69 Å². The second kappa shape index (κ2) is 12.3. The van der Waals surface area contributed by atoms with E-state index in [2.05, 4.69) is 0 Å². The summed E-state index contributed by atoms with van der Waals surface area (Å²) in [5.41, 5.74) is 0.257. The van der Waals surface area contributed by atoms with Crippen molar-refractivity contribution in [2.75, 3.05) is 23.7 Å². The highest BCUT2D eigenvalue weighted by molar-refractivity contribution is 8.30. The number of anilines is 1. The Kier molecular flexibility index (Phi) is 9.21. The number of allylic oxidation sites excluding steroid dienone is 1. The van der Waals surface area contributed by atoms with Gasteiger partial charge in [0, 0.05) is 11.4 Å². The number of fused-ring (bicyclic) bond motifs is 1. The summed E-state index contributed by atoms with van der Waals surface area (Å²) in [4.78, 5) is 52.6. The van der Waals surface area contributed by atoms with E-state index in [1.165, 1.54) is 17.8 Å². The van der Waals surface area contributed by atoms with Crippen LogP contribution in [-0.4, -0.2) is 73.7 Å². The maximum atomic E-state index is 13.2. The predicted molar refractivity (Wildman–Crippen MR) is 156 cm³/mol. The number of carboxylic acids is 2. The minimum atomic E-state index is -4.07. The number of carbonyl (C=O) groups excluding carboxylic acids is 1. The number of carbonyl (C=O) groups is 3. The van der Waals surface area contributed by atoms with Gasteiger partial charge in [0.2, 0.25) is 0 Å². The van der Waals surface area contributed by atoms with Gasteiger partial charge in [0.1, 0.15) is 27.0 Å². The fraction of sp³-hybridized carbons (Fsp3) is 0.261. The van der Waals surface area contributed by atoms with E-state index < -0.39 is 46.6 Å². The number of hydrogen-bond acceptors (Lipinski definition) is 11. The van der Waals surface area contributed by atoms with Crippen LogP contribution < -0.4 is 19.7 Å². The lowest BCUT2D eigenvalue weighted by Gasteiger charge is -2.20. The number of carboxylic acid groups (broad SMARTS) is 2. The molecule has 3 heterocycles. The van der Waals surface area contributed by atoms with Gasteiger partial charge in [0.15, 0.2) is 0 Å². The summed E-state index contributed by atoms with van der Waals surface area (Å²) in [6.45, 7) is -0.929. The number of para-hydroxylation sites is 1. The number of aliphatic carboxylic acids is 2. The van der Waals surface area contributed by atoms with Crippen molar-refractivity contribution in [3.63, 3.8) is 0 Å². The zero-order chi connectivity index (χ0) is 29.2. The minimum Gasteiger partial charge on any atom is -0.480 e. The first-order valence-electron chi connectivity index (χ1n) is 11.5. The van der Waals surface area contributed by atoms with Crippen LogP contribution in [0.1, 0.15) is 12.8 Å². The molecule has 0 aliphatic carbocycles. The number of nitrogens with zero attached hydrogens (tertiary/aromatic N) is 3.